The number of carbonyl (C=O) groups is 2. The second-order valence-corrected chi connectivity index (χ2v) is 8.30. The minimum atomic E-state index is -0.956. The molecule has 3 aromatic rings. The van der Waals surface area contributed by atoms with Gasteiger partial charge in [0.05, 0.1) is 24.4 Å². The zero-order valence-electron chi connectivity index (χ0n) is 19.1. The van der Waals surface area contributed by atoms with Crippen molar-refractivity contribution < 1.29 is 27.8 Å². The van der Waals surface area contributed by atoms with Gasteiger partial charge in [-0.25, -0.2) is 18.7 Å². The molecule has 1 aliphatic heterocycles. The fraction of sp³-hybridized carbons (Fsp3) is 0.250. The summed E-state index contributed by atoms with van der Waals surface area (Å²) in [5.41, 5.74) is 0.414. The quantitative estimate of drug-likeness (QED) is 0.321. The molecule has 0 radical (unpaired) electrons. The Morgan fingerprint density at radius 2 is 2.06 bits per heavy atom. The molecule has 0 aliphatic carbocycles. The summed E-state index contributed by atoms with van der Waals surface area (Å²) in [6.45, 7) is 3.82. The van der Waals surface area contributed by atoms with Crippen molar-refractivity contribution >= 4 is 45.8 Å². The van der Waals surface area contributed by atoms with E-state index in [2.05, 4.69) is 32.5 Å². The third-order valence-corrected chi connectivity index (χ3v) is 5.95. The number of fused-ring (bicyclic) bond motifs is 1. The molecule has 0 spiro atoms. The molecule has 4 rings (SSSR count). The fourth-order valence-corrected chi connectivity index (χ4v) is 3.96. The Hall–Kier alpha value is -3.83. The summed E-state index contributed by atoms with van der Waals surface area (Å²) in [7, 11) is 1.48. The smallest absolute Gasteiger partial charge is 0.249 e. The van der Waals surface area contributed by atoms with Gasteiger partial charge in [0.15, 0.2) is 17.3 Å². The molecule has 1 aliphatic rings. The molecule has 1 fully saturated rings. The Morgan fingerprint density at radius 3 is 2.81 bits per heavy atom. The minimum Gasteiger partial charge on any atom is -0.493 e. The average Bonchev–Trinajstić information content (AvgIpc) is 2.89. The molecule has 3 N–H and O–H groups in total. The molecule has 9 nitrogen and oxygen atoms in total. The lowest BCUT2D eigenvalue weighted by molar-refractivity contribution is -0.130. The Bertz CT molecular complexity index is 1340. The molecule has 2 heterocycles. The molecule has 1 aromatic heterocycles. The topological polar surface area (TPSA) is 114 Å². The number of hydrogen-bond acceptors (Lipinski definition) is 8. The van der Waals surface area contributed by atoms with Crippen LogP contribution in [0, 0.1) is 11.6 Å². The predicted octanol–water partition coefficient (Wildman–Crippen LogP) is 3.64. The second-order valence-electron chi connectivity index (χ2n) is 7.92. The summed E-state index contributed by atoms with van der Waals surface area (Å²) < 4.78 is 39.7. The number of ether oxygens (including phenoxy) is 2. The van der Waals surface area contributed by atoms with E-state index >= 15 is 0 Å². The van der Waals surface area contributed by atoms with Crippen LogP contribution in [0.15, 0.2) is 43.2 Å². The molecule has 36 heavy (non-hydrogen) atoms. The van der Waals surface area contributed by atoms with Gasteiger partial charge in [0, 0.05) is 17.9 Å². The van der Waals surface area contributed by atoms with Crippen molar-refractivity contribution in [1.82, 2.24) is 20.6 Å². The number of rotatable bonds is 7. The SMILES string of the molecule is C=CC(=O)NC(=O)[C@H]1C[C@H](Oc2cc3c(Nc4ccc(F)c(Cl)c4F)ncnc3cc2OC)CCN1. The van der Waals surface area contributed by atoms with Crippen LogP contribution in [0.2, 0.25) is 5.02 Å². The van der Waals surface area contributed by atoms with Crippen LogP contribution < -0.4 is 25.4 Å². The highest BCUT2D eigenvalue weighted by Crippen LogP contribution is 2.37. The van der Waals surface area contributed by atoms with Gasteiger partial charge in [0.1, 0.15) is 29.1 Å². The number of piperidine rings is 1. The fourth-order valence-electron chi connectivity index (χ4n) is 3.79. The van der Waals surface area contributed by atoms with Crippen LogP contribution in [-0.4, -0.2) is 47.6 Å². The van der Waals surface area contributed by atoms with Gasteiger partial charge in [0.25, 0.3) is 0 Å². The van der Waals surface area contributed by atoms with Crippen LogP contribution in [0.4, 0.5) is 20.3 Å². The Kier molecular flexibility index (Phi) is 7.61. The van der Waals surface area contributed by atoms with Gasteiger partial charge >= 0.3 is 0 Å². The van der Waals surface area contributed by atoms with Crippen molar-refractivity contribution in [2.75, 3.05) is 19.0 Å². The van der Waals surface area contributed by atoms with Crippen molar-refractivity contribution in [2.45, 2.75) is 25.0 Å². The molecular formula is C24H22ClF2N5O4. The molecule has 2 amide bonds. The summed E-state index contributed by atoms with van der Waals surface area (Å²) in [5, 5.41) is 7.97. The van der Waals surface area contributed by atoms with E-state index in [1.54, 1.807) is 12.1 Å². The zero-order chi connectivity index (χ0) is 25.8. The van der Waals surface area contributed by atoms with Crippen molar-refractivity contribution in [3.63, 3.8) is 0 Å². The van der Waals surface area contributed by atoms with Gasteiger partial charge in [-0.05, 0) is 37.2 Å². The van der Waals surface area contributed by atoms with Crippen LogP contribution in [0.3, 0.4) is 0 Å². The van der Waals surface area contributed by atoms with E-state index in [0.717, 1.165) is 12.1 Å². The van der Waals surface area contributed by atoms with E-state index in [1.165, 1.54) is 19.5 Å². The first-order valence-electron chi connectivity index (χ1n) is 10.9. The third-order valence-electron chi connectivity index (χ3n) is 5.61. The largest absolute Gasteiger partial charge is 0.493 e. The maximum absolute atomic E-state index is 14.5. The third kappa shape index (κ3) is 5.37. The van der Waals surface area contributed by atoms with Crippen LogP contribution in [0.5, 0.6) is 11.5 Å². The van der Waals surface area contributed by atoms with Crippen molar-refractivity contribution in [2.24, 2.45) is 0 Å². The van der Waals surface area contributed by atoms with E-state index < -0.39 is 34.5 Å². The van der Waals surface area contributed by atoms with Gasteiger partial charge in [-0.2, -0.15) is 0 Å². The predicted molar refractivity (Wildman–Crippen MR) is 130 cm³/mol. The van der Waals surface area contributed by atoms with Gasteiger partial charge in [-0.3, -0.25) is 14.9 Å². The monoisotopic (exact) mass is 517 g/mol. The number of benzene rings is 2. The maximum atomic E-state index is 14.5. The van der Waals surface area contributed by atoms with Gasteiger partial charge < -0.3 is 20.1 Å². The van der Waals surface area contributed by atoms with Gasteiger partial charge in [0.2, 0.25) is 11.8 Å². The molecule has 1 saturated heterocycles. The molecule has 12 heteroatoms. The van der Waals surface area contributed by atoms with Crippen molar-refractivity contribution in [1.29, 1.82) is 0 Å². The molecule has 0 unspecified atom stereocenters. The molecule has 0 bridgehead atoms. The average molecular weight is 518 g/mol. The molecular weight excluding hydrogens is 496 g/mol. The van der Waals surface area contributed by atoms with E-state index in [1.807, 2.05) is 0 Å². The number of nitrogens with zero attached hydrogens (tertiary/aromatic N) is 2. The minimum absolute atomic E-state index is 0.0685. The number of anilines is 2. The van der Waals surface area contributed by atoms with E-state index in [9.17, 15) is 18.4 Å². The molecule has 0 saturated carbocycles. The summed E-state index contributed by atoms with van der Waals surface area (Å²) in [4.78, 5) is 32.2. The Morgan fingerprint density at radius 1 is 1.25 bits per heavy atom. The van der Waals surface area contributed by atoms with Gasteiger partial charge in [-0.15, -0.1) is 0 Å². The lowest BCUT2D eigenvalue weighted by Crippen LogP contribution is -2.52. The lowest BCUT2D eigenvalue weighted by Gasteiger charge is -2.30. The standard InChI is InChI=1S/C24H22ClF2N5O4/c1-3-20(33)32-24(34)17-8-12(6-7-28-17)36-19-9-13-16(10-18(19)35-2)29-11-30-23(13)31-15-5-4-14(26)21(25)22(15)27/h3-5,9-12,17,28H,1,6-8H2,2H3,(H,29,30,31)(H,32,33,34)/t12-,17-/m1/s1. The van der Waals surface area contributed by atoms with Crippen LogP contribution in [0.1, 0.15) is 12.8 Å². The number of amides is 2. The van der Waals surface area contributed by atoms with Crippen LogP contribution in [-0.2, 0) is 9.59 Å². The molecule has 2 aromatic carbocycles. The first kappa shape index (κ1) is 25.3. The summed E-state index contributed by atoms with van der Waals surface area (Å²) in [6.07, 6.45) is 2.83. The van der Waals surface area contributed by atoms with Crippen LogP contribution in [0.25, 0.3) is 10.9 Å². The number of nitrogens with one attached hydrogen (secondary N) is 3. The molecule has 188 valence electrons. The number of methoxy groups -OCH3 is 1. The van der Waals surface area contributed by atoms with E-state index in [-0.39, 0.29) is 17.6 Å². The van der Waals surface area contributed by atoms with E-state index in [4.69, 9.17) is 21.1 Å². The van der Waals surface area contributed by atoms with E-state index in [0.29, 0.717) is 41.8 Å². The summed E-state index contributed by atoms with van der Waals surface area (Å²) >= 11 is 5.69. The van der Waals surface area contributed by atoms with Crippen molar-refractivity contribution in [3.8, 4) is 11.5 Å². The Balaban J connectivity index is 1.61. The highest BCUT2D eigenvalue weighted by Gasteiger charge is 2.29. The first-order chi connectivity index (χ1) is 17.3. The van der Waals surface area contributed by atoms with Crippen LogP contribution >= 0.6 is 11.6 Å². The highest BCUT2D eigenvalue weighted by atomic mass is 35.5. The molecule has 2 atom stereocenters. The summed E-state index contributed by atoms with van der Waals surface area (Å²) in [6, 6.07) is 4.90. The first-order valence-corrected chi connectivity index (χ1v) is 11.3. The number of carbonyl (C=O) groups excluding carboxylic acids is 2. The number of hydrogen-bond donors (Lipinski definition) is 3. The Labute approximate surface area is 209 Å². The highest BCUT2D eigenvalue weighted by molar-refractivity contribution is 6.31. The maximum Gasteiger partial charge on any atom is 0.249 e. The summed E-state index contributed by atoms with van der Waals surface area (Å²) in [5.74, 6) is -1.91. The van der Waals surface area contributed by atoms with Crippen molar-refractivity contribution in [3.05, 3.63) is 59.9 Å². The second kappa shape index (κ2) is 10.8. The number of halogens is 3. The van der Waals surface area contributed by atoms with Gasteiger partial charge in [-0.1, -0.05) is 18.2 Å². The zero-order valence-corrected chi connectivity index (χ0v) is 19.9. The lowest BCUT2D eigenvalue weighted by atomic mass is 10.0. The number of aromatic nitrogens is 2. The number of imide groups is 1. The normalized spacial score (nSPS) is 17.3.